The van der Waals surface area contributed by atoms with Crippen LogP contribution in [0, 0.1) is 6.92 Å². The molecule has 5 nitrogen and oxygen atoms in total. The Balaban J connectivity index is 1.83. The number of benzene rings is 2. The molecule has 27 heavy (non-hydrogen) atoms. The first kappa shape index (κ1) is 19.2. The number of ether oxygens (including phenoxy) is 2. The van der Waals surface area contributed by atoms with Crippen LogP contribution in [0.3, 0.4) is 0 Å². The summed E-state index contributed by atoms with van der Waals surface area (Å²) in [6.07, 6.45) is 0.370. The lowest BCUT2D eigenvalue weighted by Crippen LogP contribution is -2.47. The van der Waals surface area contributed by atoms with Crippen LogP contribution in [0.25, 0.3) is 0 Å². The normalized spacial score (nSPS) is 16.5. The van der Waals surface area contributed by atoms with E-state index in [1.54, 1.807) is 7.11 Å². The average Bonchev–Trinajstić information content (AvgIpc) is 2.81. The highest BCUT2D eigenvalue weighted by atomic mass is 16.5. The Morgan fingerprint density at radius 1 is 1.22 bits per heavy atom. The molecule has 1 aliphatic heterocycles. The zero-order valence-electron chi connectivity index (χ0n) is 16.6. The van der Waals surface area contributed by atoms with E-state index >= 15 is 0 Å². The summed E-state index contributed by atoms with van der Waals surface area (Å²) in [5.74, 6) is 1.79. The molecule has 0 aliphatic carbocycles. The Kier molecular flexibility index (Phi) is 6.01. The fourth-order valence-corrected chi connectivity index (χ4v) is 3.45. The second-order valence-electron chi connectivity index (χ2n) is 7.38. The van der Waals surface area contributed by atoms with Crippen molar-refractivity contribution in [2.45, 2.75) is 25.9 Å². The molecule has 0 N–H and O–H groups in total. The molecule has 0 spiro atoms. The summed E-state index contributed by atoms with van der Waals surface area (Å²) in [7, 11) is 5.69. The van der Waals surface area contributed by atoms with Crippen LogP contribution in [-0.4, -0.2) is 56.1 Å². The van der Waals surface area contributed by atoms with Crippen molar-refractivity contribution in [3.8, 4) is 11.5 Å². The number of aryl methyl sites for hydroxylation is 1. The van der Waals surface area contributed by atoms with Crippen molar-refractivity contribution < 1.29 is 14.3 Å². The quantitative estimate of drug-likeness (QED) is 0.814. The Labute approximate surface area is 161 Å². The minimum atomic E-state index is 0.0125. The molecule has 0 saturated heterocycles. The number of nitrogens with zero attached hydrogens (tertiary/aromatic N) is 2. The molecule has 1 aliphatic rings. The molecule has 2 aromatic rings. The topological polar surface area (TPSA) is 42.0 Å². The fourth-order valence-electron chi connectivity index (χ4n) is 3.45. The largest absolute Gasteiger partial charge is 0.497 e. The van der Waals surface area contributed by atoms with Gasteiger partial charge in [0.1, 0.15) is 18.1 Å². The van der Waals surface area contributed by atoms with E-state index in [4.69, 9.17) is 9.47 Å². The van der Waals surface area contributed by atoms with Crippen LogP contribution < -0.4 is 9.47 Å². The van der Waals surface area contributed by atoms with Crippen LogP contribution in [0.2, 0.25) is 0 Å². The van der Waals surface area contributed by atoms with Crippen molar-refractivity contribution in [2.24, 2.45) is 0 Å². The number of amides is 1. The lowest BCUT2D eigenvalue weighted by Gasteiger charge is -2.31. The van der Waals surface area contributed by atoms with Crippen molar-refractivity contribution in [1.82, 2.24) is 9.80 Å². The number of hydrogen-bond donors (Lipinski definition) is 0. The minimum absolute atomic E-state index is 0.0125. The summed E-state index contributed by atoms with van der Waals surface area (Å²) in [5, 5.41) is 0. The molecule has 0 fully saturated rings. The van der Waals surface area contributed by atoms with Crippen LogP contribution in [0.5, 0.6) is 11.5 Å². The number of methoxy groups -OCH3 is 1. The molecule has 0 radical (unpaired) electrons. The molecule has 3 rings (SSSR count). The van der Waals surface area contributed by atoms with Gasteiger partial charge in [0.15, 0.2) is 0 Å². The first-order valence-corrected chi connectivity index (χ1v) is 9.25. The molecular formula is C22H28N2O3. The summed E-state index contributed by atoms with van der Waals surface area (Å²) in [4.78, 5) is 17.2. The van der Waals surface area contributed by atoms with Gasteiger partial charge in [-0.15, -0.1) is 0 Å². The van der Waals surface area contributed by atoms with E-state index in [0.29, 0.717) is 19.6 Å². The summed E-state index contributed by atoms with van der Waals surface area (Å²) in [6, 6.07) is 13.9. The Hall–Kier alpha value is -2.53. The Bertz CT molecular complexity index is 787. The Morgan fingerprint density at radius 3 is 2.63 bits per heavy atom. The Morgan fingerprint density at radius 2 is 1.96 bits per heavy atom. The summed E-state index contributed by atoms with van der Waals surface area (Å²) < 4.78 is 11.2. The predicted molar refractivity (Wildman–Crippen MR) is 106 cm³/mol. The molecule has 0 aromatic heterocycles. The van der Waals surface area contributed by atoms with Crippen molar-refractivity contribution in [1.29, 1.82) is 0 Å². The van der Waals surface area contributed by atoms with Gasteiger partial charge in [-0.2, -0.15) is 0 Å². The van der Waals surface area contributed by atoms with Gasteiger partial charge in [-0.3, -0.25) is 4.79 Å². The summed E-state index contributed by atoms with van der Waals surface area (Å²) >= 11 is 0. The van der Waals surface area contributed by atoms with Gasteiger partial charge in [0.2, 0.25) is 5.91 Å². The van der Waals surface area contributed by atoms with Crippen LogP contribution >= 0.6 is 0 Å². The van der Waals surface area contributed by atoms with E-state index in [0.717, 1.165) is 29.2 Å². The van der Waals surface area contributed by atoms with Gasteiger partial charge in [0, 0.05) is 18.7 Å². The molecule has 1 atom stereocenters. The fraction of sp³-hybridized carbons (Fsp3) is 0.409. The van der Waals surface area contributed by atoms with Gasteiger partial charge < -0.3 is 19.3 Å². The molecular weight excluding hydrogens is 340 g/mol. The average molecular weight is 368 g/mol. The van der Waals surface area contributed by atoms with Gasteiger partial charge in [-0.05, 0) is 44.8 Å². The zero-order chi connectivity index (χ0) is 19.4. The van der Waals surface area contributed by atoms with Gasteiger partial charge in [-0.1, -0.05) is 29.8 Å². The number of likely N-dealkylation sites (N-methyl/N-ethyl adjacent to an activating group) is 1. The maximum Gasteiger partial charge on any atom is 0.227 e. The molecule has 5 heteroatoms. The number of carbonyl (C=O) groups excluding carboxylic acids is 1. The summed E-state index contributed by atoms with van der Waals surface area (Å²) in [6.45, 7) is 3.90. The van der Waals surface area contributed by atoms with E-state index in [1.165, 1.54) is 5.56 Å². The van der Waals surface area contributed by atoms with Crippen molar-refractivity contribution in [3.63, 3.8) is 0 Å². The van der Waals surface area contributed by atoms with Crippen LogP contribution in [0.4, 0.5) is 0 Å². The zero-order valence-corrected chi connectivity index (χ0v) is 16.6. The van der Waals surface area contributed by atoms with E-state index in [1.807, 2.05) is 49.3 Å². The molecule has 0 bridgehead atoms. The van der Waals surface area contributed by atoms with E-state index in [-0.39, 0.29) is 11.9 Å². The monoisotopic (exact) mass is 368 g/mol. The van der Waals surface area contributed by atoms with Gasteiger partial charge in [0.05, 0.1) is 19.6 Å². The number of carbonyl (C=O) groups is 1. The SMILES string of the molecule is COc1ccc(CC(=O)N2Cc3cc(C)ccc3OC[C@@H]2CN(C)C)cc1. The van der Waals surface area contributed by atoms with Gasteiger partial charge in [0.25, 0.3) is 0 Å². The molecule has 1 amide bonds. The first-order valence-electron chi connectivity index (χ1n) is 9.25. The smallest absolute Gasteiger partial charge is 0.227 e. The molecule has 0 unspecified atom stereocenters. The van der Waals surface area contributed by atoms with E-state index < -0.39 is 0 Å². The maximum atomic E-state index is 13.2. The third-order valence-corrected chi connectivity index (χ3v) is 4.84. The number of fused-ring (bicyclic) bond motifs is 1. The number of rotatable bonds is 5. The second kappa shape index (κ2) is 8.44. The molecule has 1 heterocycles. The first-order chi connectivity index (χ1) is 13.0. The highest BCUT2D eigenvalue weighted by molar-refractivity contribution is 5.79. The van der Waals surface area contributed by atoms with Crippen LogP contribution in [0.15, 0.2) is 42.5 Å². The molecule has 2 aromatic carbocycles. The van der Waals surface area contributed by atoms with Crippen molar-refractivity contribution >= 4 is 5.91 Å². The standard InChI is InChI=1S/C22H28N2O3/c1-16-5-10-21-18(11-16)13-24(19(15-27-21)14-23(2)3)22(25)12-17-6-8-20(26-4)9-7-17/h5-11,19H,12-15H2,1-4H3/t19-/m0/s1. The molecule has 0 saturated carbocycles. The lowest BCUT2D eigenvalue weighted by molar-refractivity contribution is -0.134. The minimum Gasteiger partial charge on any atom is -0.497 e. The third-order valence-electron chi connectivity index (χ3n) is 4.84. The van der Waals surface area contributed by atoms with Gasteiger partial charge in [-0.25, -0.2) is 0 Å². The number of hydrogen-bond acceptors (Lipinski definition) is 4. The maximum absolute atomic E-state index is 13.2. The van der Waals surface area contributed by atoms with Crippen LogP contribution in [0.1, 0.15) is 16.7 Å². The highest BCUT2D eigenvalue weighted by Crippen LogP contribution is 2.27. The van der Waals surface area contributed by atoms with E-state index in [2.05, 4.69) is 24.0 Å². The third kappa shape index (κ3) is 4.80. The predicted octanol–water partition coefficient (Wildman–Crippen LogP) is 2.90. The second-order valence-corrected chi connectivity index (χ2v) is 7.38. The molecule has 144 valence electrons. The van der Waals surface area contributed by atoms with Crippen molar-refractivity contribution in [3.05, 3.63) is 59.2 Å². The lowest BCUT2D eigenvalue weighted by atomic mass is 10.1. The summed E-state index contributed by atoms with van der Waals surface area (Å²) in [5.41, 5.74) is 3.23. The van der Waals surface area contributed by atoms with Gasteiger partial charge >= 0.3 is 0 Å². The van der Waals surface area contributed by atoms with Crippen molar-refractivity contribution in [2.75, 3.05) is 34.4 Å². The van der Waals surface area contributed by atoms with E-state index in [9.17, 15) is 4.79 Å². The highest BCUT2D eigenvalue weighted by Gasteiger charge is 2.29. The van der Waals surface area contributed by atoms with Crippen LogP contribution in [-0.2, 0) is 17.8 Å².